The van der Waals surface area contributed by atoms with E-state index in [1.807, 2.05) is 30.3 Å². The second-order valence-corrected chi connectivity index (χ2v) is 8.56. The Bertz CT molecular complexity index is 1100. The summed E-state index contributed by atoms with van der Waals surface area (Å²) in [4.78, 5) is 31.2. The van der Waals surface area contributed by atoms with Crippen LogP contribution in [-0.4, -0.2) is 47.9 Å². The number of hydrogen-bond acceptors (Lipinski definition) is 5. The molecule has 176 valence electrons. The van der Waals surface area contributed by atoms with Gasteiger partial charge in [-0.1, -0.05) is 60.2 Å². The summed E-state index contributed by atoms with van der Waals surface area (Å²) in [5.74, 6) is 0.708. The van der Waals surface area contributed by atoms with Crippen molar-refractivity contribution in [1.82, 2.24) is 15.2 Å². The van der Waals surface area contributed by atoms with Gasteiger partial charge in [-0.15, -0.1) is 0 Å². The van der Waals surface area contributed by atoms with Crippen LogP contribution in [0, 0.1) is 6.92 Å². The minimum absolute atomic E-state index is 0.0280. The van der Waals surface area contributed by atoms with Crippen LogP contribution in [0.2, 0.25) is 0 Å². The molecular weight excluding hydrogens is 428 g/mol. The van der Waals surface area contributed by atoms with Gasteiger partial charge in [-0.2, -0.15) is 0 Å². The van der Waals surface area contributed by atoms with Crippen LogP contribution in [-0.2, 0) is 16.0 Å². The van der Waals surface area contributed by atoms with Crippen LogP contribution in [0.15, 0.2) is 72.9 Å². The highest BCUT2D eigenvalue weighted by molar-refractivity contribution is 5.94. The number of anilines is 1. The number of rotatable bonds is 9. The van der Waals surface area contributed by atoms with Gasteiger partial charge in [0.2, 0.25) is 5.91 Å². The van der Waals surface area contributed by atoms with E-state index in [0.29, 0.717) is 31.1 Å². The lowest BCUT2D eigenvalue weighted by atomic mass is 10.1. The SMILES string of the molecule is Cc1ccc(CCN[C@@H](C(=O)Nc2ccc(O[C@@H]3CCN(C)C3=O)cn2)c2ccccc2)cc1. The lowest BCUT2D eigenvalue weighted by molar-refractivity contribution is -0.132. The molecule has 1 aliphatic rings. The summed E-state index contributed by atoms with van der Waals surface area (Å²) in [7, 11) is 1.76. The zero-order valence-corrected chi connectivity index (χ0v) is 19.5. The van der Waals surface area contributed by atoms with Gasteiger partial charge in [0.25, 0.3) is 5.91 Å². The Hall–Kier alpha value is -3.71. The molecule has 2 amide bonds. The predicted molar refractivity (Wildman–Crippen MR) is 132 cm³/mol. The third-order valence-electron chi connectivity index (χ3n) is 5.92. The Morgan fingerprint density at radius 3 is 2.53 bits per heavy atom. The molecule has 7 nitrogen and oxygen atoms in total. The van der Waals surface area contributed by atoms with Crippen molar-refractivity contribution in [2.75, 3.05) is 25.5 Å². The minimum atomic E-state index is -0.518. The van der Waals surface area contributed by atoms with Gasteiger partial charge in [-0.25, -0.2) is 4.98 Å². The molecule has 2 heterocycles. The van der Waals surface area contributed by atoms with Crippen LogP contribution < -0.4 is 15.4 Å². The second kappa shape index (κ2) is 10.9. The van der Waals surface area contributed by atoms with Crippen molar-refractivity contribution in [1.29, 1.82) is 0 Å². The van der Waals surface area contributed by atoms with Crippen molar-refractivity contribution < 1.29 is 14.3 Å². The average molecular weight is 459 g/mol. The third kappa shape index (κ3) is 5.99. The quantitative estimate of drug-likeness (QED) is 0.513. The van der Waals surface area contributed by atoms with E-state index in [1.54, 1.807) is 24.1 Å². The third-order valence-corrected chi connectivity index (χ3v) is 5.92. The summed E-state index contributed by atoms with van der Waals surface area (Å²) >= 11 is 0. The molecule has 3 aromatic rings. The number of aryl methyl sites for hydroxylation is 1. The van der Waals surface area contributed by atoms with Crippen molar-refractivity contribution in [3.05, 3.63) is 89.6 Å². The molecule has 2 N–H and O–H groups in total. The first kappa shape index (κ1) is 23.4. The fraction of sp³-hybridized carbons (Fsp3) is 0.296. The zero-order chi connectivity index (χ0) is 23.9. The lowest BCUT2D eigenvalue weighted by Crippen LogP contribution is -2.34. The highest BCUT2D eigenvalue weighted by atomic mass is 16.5. The number of amides is 2. The monoisotopic (exact) mass is 458 g/mol. The molecule has 1 fully saturated rings. The number of likely N-dealkylation sites (tertiary alicyclic amines) is 1. The van der Waals surface area contributed by atoms with E-state index in [1.165, 1.54) is 17.3 Å². The molecule has 4 rings (SSSR count). The first-order valence-electron chi connectivity index (χ1n) is 11.5. The fourth-order valence-electron chi connectivity index (χ4n) is 3.91. The number of aromatic nitrogens is 1. The maximum Gasteiger partial charge on any atom is 0.263 e. The van der Waals surface area contributed by atoms with Crippen molar-refractivity contribution in [3.63, 3.8) is 0 Å². The number of benzene rings is 2. The van der Waals surface area contributed by atoms with E-state index in [9.17, 15) is 9.59 Å². The van der Waals surface area contributed by atoms with Crippen molar-refractivity contribution >= 4 is 17.6 Å². The molecule has 2 aromatic carbocycles. The number of carbonyl (C=O) groups is 2. The maximum atomic E-state index is 13.1. The molecular formula is C27H30N4O3. The van der Waals surface area contributed by atoms with Gasteiger partial charge in [0.15, 0.2) is 6.10 Å². The normalized spacial score (nSPS) is 16.4. The van der Waals surface area contributed by atoms with Gasteiger partial charge in [-0.05, 0) is 36.6 Å². The number of ether oxygens (including phenoxy) is 1. The Labute approximate surface area is 200 Å². The van der Waals surface area contributed by atoms with Crippen molar-refractivity contribution in [2.24, 2.45) is 0 Å². The molecule has 1 saturated heterocycles. The predicted octanol–water partition coefficient (Wildman–Crippen LogP) is 3.51. The average Bonchev–Trinajstić information content (AvgIpc) is 3.17. The summed E-state index contributed by atoms with van der Waals surface area (Å²) in [5.41, 5.74) is 3.33. The van der Waals surface area contributed by atoms with Crippen molar-refractivity contribution in [2.45, 2.75) is 31.9 Å². The molecule has 0 radical (unpaired) electrons. The van der Waals surface area contributed by atoms with Crippen LogP contribution in [0.3, 0.4) is 0 Å². The Morgan fingerprint density at radius 1 is 1.12 bits per heavy atom. The summed E-state index contributed by atoms with van der Waals surface area (Å²) in [6.07, 6.45) is 2.52. The largest absolute Gasteiger partial charge is 0.479 e. The summed E-state index contributed by atoms with van der Waals surface area (Å²) in [6, 6.07) is 20.9. The minimum Gasteiger partial charge on any atom is -0.479 e. The fourth-order valence-corrected chi connectivity index (χ4v) is 3.91. The molecule has 0 bridgehead atoms. The van der Waals surface area contributed by atoms with Gasteiger partial charge >= 0.3 is 0 Å². The van der Waals surface area contributed by atoms with Crippen LogP contribution in [0.5, 0.6) is 5.75 Å². The summed E-state index contributed by atoms with van der Waals surface area (Å²) in [6.45, 7) is 3.40. The van der Waals surface area contributed by atoms with Gasteiger partial charge in [0.05, 0.1) is 6.20 Å². The van der Waals surface area contributed by atoms with Gasteiger partial charge in [-0.3, -0.25) is 9.59 Å². The zero-order valence-electron chi connectivity index (χ0n) is 19.5. The number of nitrogens with one attached hydrogen (secondary N) is 2. The highest BCUT2D eigenvalue weighted by Gasteiger charge is 2.30. The van der Waals surface area contributed by atoms with E-state index in [2.05, 4.69) is 46.8 Å². The maximum absolute atomic E-state index is 13.1. The van der Waals surface area contributed by atoms with Crippen LogP contribution >= 0.6 is 0 Å². The van der Waals surface area contributed by atoms with Gasteiger partial charge in [0.1, 0.15) is 17.6 Å². The number of carbonyl (C=O) groups excluding carboxylic acids is 2. The van der Waals surface area contributed by atoms with Crippen molar-refractivity contribution in [3.8, 4) is 5.75 Å². The van der Waals surface area contributed by atoms with Crippen LogP contribution in [0.4, 0.5) is 5.82 Å². The molecule has 2 atom stereocenters. The number of nitrogens with zero attached hydrogens (tertiary/aromatic N) is 2. The summed E-state index contributed by atoms with van der Waals surface area (Å²) in [5, 5.41) is 6.27. The van der Waals surface area contributed by atoms with Gasteiger partial charge in [0, 0.05) is 26.6 Å². The van der Waals surface area contributed by atoms with Gasteiger partial charge < -0.3 is 20.3 Å². The van der Waals surface area contributed by atoms with Crippen LogP contribution in [0.1, 0.15) is 29.2 Å². The van der Waals surface area contributed by atoms with E-state index in [-0.39, 0.29) is 11.8 Å². The molecule has 0 spiro atoms. The van der Waals surface area contributed by atoms with E-state index in [4.69, 9.17) is 4.74 Å². The van der Waals surface area contributed by atoms with E-state index in [0.717, 1.165) is 12.0 Å². The van der Waals surface area contributed by atoms with E-state index < -0.39 is 12.1 Å². The molecule has 34 heavy (non-hydrogen) atoms. The summed E-state index contributed by atoms with van der Waals surface area (Å²) < 4.78 is 5.76. The number of likely N-dealkylation sites (N-methyl/N-ethyl adjacent to an activating group) is 1. The van der Waals surface area contributed by atoms with Crippen LogP contribution in [0.25, 0.3) is 0 Å². The smallest absolute Gasteiger partial charge is 0.263 e. The highest BCUT2D eigenvalue weighted by Crippen LogP contribution is 2.20. The first-order chi connectivity index (χ1) is 16.5. The second-order valence-electron chi connectivity index (χ2n) is 8.56. The Morgan fingerprint density at radius 2 is 1.88 bits per heavy atom. The Balaban J connectivity index is 1.38. The molecule has 0 saturated carbocycles. The lowest BCUT2D eigenvalue weighted by Gasteiger charge is -2.19. The molecule has 7 heteroatoms. The first-order valence-corrected chi connectivity index (χ1v) is 11.5. The molecule has 0 unspecified atom stereocenters. The number of hydrogen-bond donors (Lipinski definition) is 2. The Kier molecular flexibility index (Phi) is 7.54. The standard InChI is InChI=1S/C27H30N4O3/c1-19-8-10-20(11-9-19)14-16-28-25(21-6-4-3-5-7-21)26(32)30-24-13-12-22(18-29-24)34-23-15-17-31(2)27(23)33/h3-13,18,23,25,28H,14-17H2,1-2H3,(H,29,30,32)/t23-,25-/m1/s1. The molecule has 1 aromatic heterocycles. The number of pyridine rings is 1. The topological polar surface area (TPSA) is 83.6 Å². The molecule has 0 aliphatic carbocycles. The van der Waals surface area contributed by atoms with E-state index >= 15 is 0 Å². The molecule has 1 aliphatic heterocycles.